The second kappa shape index (κ2) is 5.82. The Kier molecular flexibility index (Phi) is 3.88. The van der Waals surface area contributed by atoms with Crippen molar-refractivity contribution in [3.05, 3.63) is 70.2 Å². The van der Waals surface area contributed by atoms with Crippen LogP contribution in [0.25, 0.3) is 0 Å². The molecule has 2 aromatic carbocycles. The second-order valence-corrected chi connectivity index (χ2v) is 6.01. The largest absolute Gasteiger partial charge is 0.480 e. The summed E-state index contributed by atoms with van der Waals surface area (Å²) in [5, 5.41) is 9.46. The number of carboxylic acids is 1. The Morgan fingerprint density at radius 3 is 2.57 bits per heavy atom. The van der Waals surface area contributed by atoms with Gasteiger partial charge in [-0.15, -0.1) is 0 Å². The van der Waals surface area contributed by atoms with Crippen molar-refractivity contribution in [3.8, 4) is 0 Å². The van der Waals surface area contributed by atoms with E-state index in [9.17, 15) is 9.90 Å². The van der Waals surface area contributed by atoms with Gasteiger partial charge in [0.25, 0.3) is 0 Å². The minimum Gasteiger partial charge on any atom is -0.480 e. The lowest BCUT2D eigenvalue weighted by molar-refractivity contribution is -0.138. The van der Waals surface area contributed by atoms with Crippen molar-refractivity contribution in [2.75, 3.05) is 0 Å². The topological polar surface area (TPSA) is 49.7 Å². The molecule has 2 aromatic rings. The van der Waals surface area contributed by atoms with Crippen LogP contribution in [0, 0.1) is 0 Å². The molecule has 0 spiro atoms. The number of rotatable bonds is 3. The van der Waals surface area contributed by atoms with Crippen molar-refractivity contribution in [3.63, 3.8) is 0 Å². The maximum Gasteiger partial charge on any atom is 0.329 e. The molecule has 0 aliphatic carbocycles. The number of aliphatic imine (C=N–C) groups is 1. The van der Waals surface area contributed by atoms with Crippen molar-refractivity contribution >= 4 is 27.6 Å². The molecule has 0 fully saturated rings. The molecular formula is C17H14BrNO2. The number of hydrogen-bond acceptors (Lipinski definition) is 2. The Morgan fingerprint density at radius 2 is 1.90 bits per heavy atom. The molecule has 0 bridgehead atoms. The van der Waals surface area contributed by atoms with Crippen LogP contribution in [0.3, 0.4) is 0 Å². The Balaban J connectivity index is 1.95. The highest BCUT2D eigenvalue weighted by molar-refractivity contribution is 9.10. The molecule has 4 heteroatoms. The first-order valence-corrected chi connectivity index (χ1v) is 7.55. The molecule has 3 rings (SSSR count). The summed E-state index contributed by atoms with van der Waals surface area (Å²) in [5.41, 5.74) is 2.88. The molecule has 0 unspecified atom stereocenters. The highest BCUT2D eigenvalue weighted by atomic mass is 79.9. The predicted octanol–water partition coefficient (Wildman–Crippen LogP) is 3.88. The van der Waals surface area contributed by atoms with Gasteiger partial charge in [0.15, 0.2) is 6.04 Å². The fraction of sp³-hybridized carbons (Fsp3) is 0.176. The lowest BCUT2D eigenvalue weighted by Gasteiger charge is -2.15. The first-order valence-electron chi connectivity index (χ1n) is 6.75. The van der Waals surface area contributed by atoms with E-state index in [0.29, 0.717) is 6.42 Å². The Bertz CT molecular complexity index is 697. The molecule has 1 aliphatic heterocycles. The summed E-state index contributed by atoms with van der Waals surface area (Å²) >= 11 is 3.44. The van der Waals surface area contributed by atoms with Gasteiger partial charge in [0.05, 0.1) is 0 Å². The van der Waals surface area contributed by atoms with Gasteiger partial charge in [0, 0.05) is 16.1 Å². The predicted molar refractivity (Wildman–Crippen MR) is 85.9 cm³/mol. The molecule has 0 amide bonds. The molecule has 1 N–H and O–H groups in total. The lowest BCUT2D eigenvalue weighted by Crippen LogP contribution is -2.22. The minimum absolute atomic E-state index is 0.116. The van der Waals surface area contributed by atoms with E-state index in [1.807, 2.05) is 54.6 Å². The maximum absolute atomic E-state index is 11.5. The van der Waals surface area contributed by atoms with E-state index >= 15 is 0 Å². The number of carbonyl (C=O) groups is 1. The smallest absolute Gasteiger partial charge is 0.329 e. The Morgan fingerprint density at radius 1 is 1.14 bits per heavy atom. The zero-order valence-electron chi connectivity index (χ0n) is 11.2. The summed E-state index contributed by atoms with van der Waals surface area (Å²) in [7, 11) is 0. The SMILES string of the molecule is O=C(O)[C@H]1N=C(c2ccccc2)C[C@@H]1c1cccc(Br)c1. The van der Waals surface area contributed by atoms with Crippen molar-refractivity contribution in [1.29, 1.82) is 0 Å². The van der Waals surface area contributed by atoms with Crippen LogP contribution in [-0.2, 0) is 4.79 Å². The van der Waals surface area contributed by atoms with Gasteiger partial charge >= 0.3 is 5.97 Å². The Labute approximate surface area is 131 Å². The molecule has 0 aromatic heterocycles. The number of nitrogens with zero attached hydrogens (tertiary/aromatic N) is 1. The third-order valence-corrected chi connectivity index (χ3v) is 4.22. The van der Waals surface area contributed by atoms with Crippen molar-refractivity contribution < 1.29 is 9.90 Å². The summed E-state index contributed by atoms with van der Waals surface area (Å²) < 4.78 is 0.956. The van der Waals surface area contributed by atoms with Crippen LogP contribution in [-0.4, -0.2) is 22.8 Å². The van der Waals surface area contributed by atoms with E-state index in [2.05, 4.69) is 20.9 Å². The second-order valence-electron chi connectivity index (χ2n) is 5.09. The molecule has 3 nitrogen and oxygen atoms in total. The van der Waals surface area contributed by atoms with Crippen LogP contribution in [0.2, 0.25) is 0 Å². The summed E-state index contributed by atoms with van der Waals surface area (Å²) in [6.07, 6.45) is 0.650. The van der Waals surface area contributed by atoms with Gasteiger partial charge in [-0.2, -0.15) is 0 Å². The quantitative estimate of drug-likeness (QED) is 0.919. The molecule has 106 valence electrons. The third kappa shape index (κ3) is 2.90. The van der Waals surface area contributed by atoms with Crippen LogP contribution in [0.5, 0.6) is 0 Å². The average Bonchev–Trinajstić information content (AvgIpc) is 2.93. The zero-order chi connectivity index (χ0) is 14.8. The fourth-order valence-corrected chi connectivity index (χ4v) is 3.14. The number of aliphatic carboxylic acids is 1. The van der Waals surface area contributed by atoms with Gasteiger partial charge in [0.2, 0.25) is 0 Å². The monoisotopic (exact) mass is 343 g/mol. The van der Waals surface area contributed by atoms with Gasteiger partial charge in [-0.3, -0.25) is 4.99 Å². The molecule has 2 atom stereocenters. The Hall–Kier alpha value is -1.94. The van der Waals surface area contributed by atoms with Gasteiger partial charge < -0.3 is 5.11 Å². The minimum atomic E-state index is -0.870. The normalized spacial score (nSPS) is 21.1. The van der Waals surface area contributed by atoms with Crippen LogP contribution in [0.15, 0.2) is 64.1 Å². The average molecular weight is 344 g/mol. The van der Waals surface area contributed by atoms with E-state index in [-0.39, 0.29) is 5.92 Å². The van der Waals surface area contributed by atoms with Crippen molar-refractivity contribution in [1.82, 2.24) is 0 Å². The van der Waals surface area contributed by atoms with Crippen molar-refractivity contribution in [2.45, 2.75) is 18.4 Å². The van der Waals surface area contributed by atoms with Gasteiger partial charge in [-0.25, -0.2) is 4.79 Å². The molecule has 1 aliphatic rings. The first-order chi connectivity index (χ1) is 10.1. The van der Waals surface area contributed by atoms with E-state index in [1.165, 1.54) is 0 Å². The van der Waals surface area contributed by atoms with Crippen LogP contribution in [0.4, 0.5) is 0 Å². The lowest BCUT2D eigenvalue weighted by atomic mass is 9.89. The number of carboxylic acid groups (broad SMARTS) is 1. The molecule has 21 heavy (non-hydrogen) atoms. The molecule has 0 radical (unpaired) electrons. The van der Waals surface area contributed by atoms with Crippen LogP contribution >= 0.6 is 15.9 Å². The highest BCUT2D eigenvalue weighted by Crippen LogP contribution is 2.34. The standard InChI is InChI=1S/C17H14BrNO2/c18-13-8-4-7-12(9-13)14-10-15(19-16(14)17(20)21)11-5-2-1-3-6-11/h1-9,14,16H,10H2,(H,20,21)/t14-,16+/m1/s1. The summed E-state index contributed by atoms with van der Waals surface area (Å²) in [6, 6.07) is 16.9. The maximum atomic E-state index is 11.5. The fourth-order valence-electron chi connectivity index (χ4n) is 2.72. The van der Waals surface area contributed by atoms with Crippen LogP contribution in [0.1, 0.15) is 23.5 Å². The number of halogens is 1. The van der Waals surface area contributed by atoms with E-state index in [0.717, 1.165) is 21.3 Å². The van der Waals surface area contributed by atoms with Gasteiger partial charge in [0.1, 0.15) is 0 Å². The third-order valence-electron chi connectivity index (χ3n) is 3.73. The van der Waals surface area contributed by atoms with E-state index < -0.39 is 12.0 Å². The number of hydrogen-bond donors (Lipinski definition) is 1. The zero-order valence-corrected chi connectivity index (χ0v) is 12.8. The molecular weight excluding hydrogens is 330 g/mol. The first kappa shape index (κ1) is 14.0. The highest BCUT2D eigenvalue weighted by Gasteiger charge is 2.35. The van der Waals surface area contributed by atoms with Gasteiger partial charge in [-0.1, -0.05) is 58.4 Å². The summed E-state index contributed by atoms with van der Waals surface area (Å²) in [6.45, 7) is 0. The van der Waals surface area contributed by atoms with Crippen molar-refractivity contribution in [2.24, 2.45) is 4.99 Å². The molecule has 0 saturated heterocycles. The molecule has 0 saturated carbocycles. The summed E-state index contributed by atoms with van der Waals surface area (Å²) in [4.78, 5) is 16.0. The van der Waals surface area contributed by atoms with Gasteiger partial charge in [-0.05, 0) is 29.7 Å². The molecule has 1 heterocycles. The van der Waals surface area contributed by atoms with Crippen LogP contribution < -0.4 is 0 Å². The summed E-state index contributed by atoms with van der Waals surface area (Å²) in [5.74, 6) is -0.985. The van der Waals surface area contributed by atoms with E-state index in [4.69, 9.17) is 0 Å². The van der Waals surface area contributed by atoms with E-state index in [1.54, 1.807) is 0 Å². The number of benzene rings is 2.